The van der Waals surface area contributed by atoms with Gasteiger partial charge in [-0.25, -0.2) is 0 Å². The average Bonchev–Trinajstić information content (AvgIpc) is 2.79. The van der Waals surface area contributed by atoms with E-state index in [4.69, 9.17) is 9.47 Å². The Morgan fingerprint density at radius 2 is 1.35 bits per heavy atom. The van der Waals surface area contributed by atoms with Gasteiger partial charge in [0.25, 0.3) is 0 Å². The van der Waals surface area contributed by atoms with Crippen LogP contribution in [0, 0.1) is 0 Å². The number of benzene rings is 3. The normalized spacial score (nSPS) is 15.3. The van der Waals surface area contributed by atoms with Gasteiger partial charge in [-0.1, -0.05) is 86.6 Å². The van der Waals surface area contributed by atoms with Crippen LogP contribution >= 0.6 is 0 Å². The summed E-state index contributed by atoms with van der Waals surface area (Å²) in [7, 11) is 0. The summed E-state index contributed by atoms with van der Waals surface area (Å²) < 4.78 is 13.0. The third-order valence-corrected chi connectivity index (χ3v) is 6.07. The second-order valence-electron chi connectivity index (χ2n) is 8.96. The molecule has 2 nitrogen and oxygen atoms in total. The minimum Gasteiger partial charge on any atom is -0.464 e. The zero-order valence-corrected chi connectivity index (χ0v) is 19.5. The van der Waals surface area contributed by atoms with E-state index in [1.807, 2.05) is 0 Å². The molecule has 0 aliphatic carbocycles. The largest absolute Gasteiger partial charge is 0.464 e. The Balaban J connectivity index is 1.96. The third-order valence-electron chi connectivity index (χ3n) is 6.07. The van der Waals surface area contributed by atoms with E-state index in [1.54, 1.807) is 0 Å². The third kappa shape index (κ3) is 5.98. The Hall–Kier alpha value is -2.58. The van der Waals surface area contributed by atoms with Crippen LogP contribution in [0.25, 0.3) is 0 Å². The Labute approximate surface area is 188 Å². The molecule has 0 saturated carbocycles. The van der Waals surface area contributed by atoms with Gasteiger partial charge in [0.2, 0.25) is 6.29 Å². The predicted molar refractivity (Wildman–Crippen MR) is 130 cm³/mol. The van der Waals surface area contributed by atoms with E-state index in [1.165, 1.54) is 16.7 Å². The summed E-state index contributed by atoms with van der Waals surface area (Å²) in [5, 5.41) is 0. The van der Waals surface area contributed by atoms with Crippen LogP contribution in [0.2, 0.25) is 0 Å². The van der Waals surface area contributed by atoms with Crippen LogP contribution < -0.4 is 4.74 Å². The highest BCUT2D eigenvalue weighted by Gasteiger charge is 2.39. The lowest BCUT2D eigenvalue weighted by Gasteiger charge is -2.39. The van der Waals surface area contributed by atoms with Crippen LogP contribution in [0.15, 0.2) is 84.9 Å². The lowest BCUT2D eigenvalue weighted by molar-refractivity contribution is -0.148. The smallest absolute Gasteiger partial charge is 0.209 e. The fraction of sp³-hybridized carbons (Fsp3) is 0.379. The van der Waals surface area contributed by atoms with E-state index in [0.717, 1.165) is 18.6 Å². The van der Waals surface area contributed by atoms with Crippen molar-refractivity contribution >= 4 is 0 Å². The standard InChI is InChI=1S/C29H36O2/c1-6-23(4)25-17-19-27(20-18-25)31-28(30-22(2)3)29(5,26-15-11-8-12-16-26)21-24-13-9-7-10-14-24/h7-20,22-23,28H,6,21H2,1-5H3. The van der Waals surface area contributed by atoms with E-state index in [-0.39, 0.29) is 11.5 Å². The summed E-state index contributed by atoms with van der Waals surface area (Å²) in [4.78, 5) is 0. The second kappa shape index (κ2) is 10.6. The molecule has 0 fully saturated rings. The fourth-order valence-electron chi connectivity index (χ4n) is 3.95. The lowest BCUT2D eigenvalue weighted by Crippen LogP contribution is -2.45. The average molecular weight is 417 g/mol. The second-order valence-corrected chi connectivity index (χ2v) is 8.96. The molecule has 0 N–H and O–H groups in total. The number of rotatable bonds is 10. The van der Waals surface area contributed by atoms with Gasteiger partial charge in [-0.15, -0.1) is 0 Å². The molecule has 164 valence electrons. The molecule has 3 aromatic rings. The summed E-state index contributed by atoms with van der Waals surface area (Å²) in [5.74, 6) is 1.39. The first kappa shape index (κ1) is 23.1. The molecule has 2 heteroatoms. The molecule has 0 spiro atoms. The van der Waals surface area contributed by atoms with Gasteiger partial charge < -0.3 is 9.47 Å². The molecule has 0 heterocycles. The molecule has 3 unspecified atom stereocenters. The summed E-state index contributed by atoms with van der Waals surface area (Å²) >= 11 is 0. The van der Waals surface area contributed by atoms with E-state index >= 15 is 0 Å². The lowest BCUT2D eigenvalue weighted by atomic mass is 9.76. The highest BCUT2D eigenvalue weighted by atomic mass is 16.7. The van der Waals surface area contributed by atoms with Gasteiger partial charge in [0.15, 0.2) is 0 Å². The first-order valence-corrected chi connectivity index (χ1v) is 11.4. The van der Waals surface area contributed by atoms with Crippen molar-refractivity contribution in [2.75, 3.05) is 0 Å². The molecule has 0 amide bonds. The van der Waals surface area contributed by atoms with Crippen LogP contribution in [-0.2, 0) is 16.6 Å². The van der Waals surface area contributed by atoms with Crippen LogP contribution in [0.5, 0.6) is 5.75 Å². The molecule has 0 bridgehead atoms. The molecule has 3 aromatic carbocycles. The Morgan fingerprint density at radius 3 is 1.90 bits per heavy atom. The van der Waals surface area contributed by atoms with E-state index in [0.29, 0.717) is 5.92 Å². The molecule has 0 aromatic heterocycles. The van der Waals surface area contributed by atoms with Crippen LogP contribution in [0.4, 0.5) is 0 Å². The fourth-order valence-corrected chi connectivity index (χ4v) is 3.95. The first-order valence-electron chi connectivity index (χ1n) is 11.4. The topological polar surface area (TPSA) is 18.5 Å². The molecule has 0 aliphatic heterocycles. The van der Waals surface area contributed by atoms with E-state index in [9.17, 15) is 0 Å². The predicted octanol–water partition coefficient (Wildman–Crippen LogP) is 7.53. The quantitative estimate of drug-likeness (QED) is 0.318. The maximum Gasteiger partial charge on any atom is 0.209 e. The Kier molecular flexibility index (Phi) is 7.92. The zero-order valence-electron chi connectivity index (χ0n) is 19.5. The van der Waals surface area contributed by atoms with Crippen LogP contribution in [-0.4, -0.2) is 12.4 Å². The van der Waals surface area contributed by atoms with E-state index < -0.39 is 6.29 Å². The minimum absolute atomic E-state index is 0.0446. The number of ether oxygens (including phenoxy) is 2. The van der Waals surface area contributed by atoms with Crippen LogP contribution in [0.1, 0.15) is 63.6 Å². The molecular weight excluding hydrogens is 380 g/mol. The van der Waals surface area contributed by atoms with Crippen molar-refractivity contribution in [2.45, 2.75) is 71.2 Å². The molecule has 0 radical (unpaired) electrons. The zero-order chi connectivity index (χ0) is 22.3. The molecule has 0 saturated heterocycles. The molecule has 31 heavy (non-hydrogen) atoms. The van der Waals surface area contributed by atoms with Gasteiger partial charge >= 0.3 is 0 Å². The monoisotopic (exact) mass is 416 g/mol. The first-order chi connectivity index (χ1) is 14.9. The Bertz CT molecular complexity index is 902. The van der Waals surface area contributed by atoms with Gasteiger partial charge in [0.1, 0.15) is 5.75 Å². The maximum absolute atomic E-state index is 6.56. The molecular formula is C29H36O2. The van der Waals surface area contributed by atoms with Crippen molar-refractivity contribution in [2.24, 2.45) is 0 Å². The summed E-state index contributed by atoms with van der Waals surface area (Å²) in [6.45, 7) is 10.9. The maximum atomic E-state index is 6.56. The highest BCUT2D eigenvalue weighted by Crippen LogP contribution is 2.36. The van der Waals surface area contributed by atoms with Crippen molar-refractivity contribution in [1.82, 2.24) is 0 Å². The van der Waals surface area contributed by atoms with Crippen molar-refractivity contribution < 1.29 is 9.47 Å². The summed E-state index contributed by atoms with van der Waals surface area (Å²) in [6.07, 6.45) is 1.57. The van der Waals surface area contributed by atoms with E-state index in [2.05, 4.69) is 120 Å². The van der Waals surface area contributed by atoms with Gasteiger partial charge in [0, 0.05) is 0 Å². The van der Waals surface area contributed by atoms with Crippen molar-refractivity contribution in [3.8, 4) is 5.75 Å². The van der Waals surface area contributed by atoms with Gasteiger partial charge in [0.05, 0.1) is 11.5 Å². The summed E-state index contributed by atoms with van der Waals surface area (Å²) in [5.41, 5.74) is 3.45. The van der Waals surface area contributed by atoms with Crippen molar-refractivity contribution in [1.29, 1.82) is 0 Å². The number of hydrogen-bond acceptors (Lipinski definition) is 2. The summed E-state index contributed by atoms with van der Waals surface area (Å²) in [6, 6.07) is 29.7. The van der Waals surface area contributed by atoms with Gasteiger partial charge in [-0.2, -0.15) is 0 Å². The molecule has 0 aliphatic rings. The van der Waals surface area contributed by atoms with Gasteiger partial charge in [-0.3, -0.25) is 0 Å². The minimum atomic E-state index is -0.426. The van der Waals surface area contributed by atoms with Crippen LogP contribution in [0.3, 0.4) is 0 Å². The number of hydrogen-bond donors (Lipinski definition) is 0. The van der Waals surface area contributed by atoms with Crippen molar-refractivity contribution in [3.05, 3.63) is 102 Å². The molecule has 3 rings (SSSR count). The highest BCUT2D eigenvalue weighted by molar-refractivity contribution is 5.33. The SMILES string of the molecule is CCC(C)c1ccc(OC(OC(C)C)C(C)(Cc2ccccc2)c2ccccc2)cc1. The molecule has 3 atom stereocenters. The Morgan fingerprint density at radius 1 is 0.774 bits per heavy atom. The van der Waals surface area contributed by atoms with Gasteiger partial charge in [-0.05, 0) is 68.4 Å². The van der Waals surface area contributed by atoms with Crippen molar-refractivity contribution in [3.63, 3.8) is 0 Å².